The maximum absolute atomic E-state index is 9.06. The van der Waals surface area contributed by atoms with Gasteiger partial charge in [0.05, 0.1) is 35.9 Å². The van der Waals surface area contributed by atoms with Crippen molar-refractivity contribution in [2.75, 3.05) is 36.5 Å². The van der Waals surface area contributed by atoms with E-state index in [-0.39, 0.29) is 0 Å². The van der Waals surface area contributed by atoms with Gasteiger partial charge in [0, 0.05) is 36.6 Å². The molecule has 2 heterocycles. The number of aromatic nitrogens is 2. The average molecular weight is 409 g/mol. The van der Waals surface area contributed by atoms with E-state index >= 15 is 0 Å². The molecule has 0 unspecified atom stereocenters. The van der Waals surface area contributed by atoms with Gasteiger partial charge in [-0.05, 0) is 48.0 Å². The number of rotatable bonds is 5. The third kappa shape index (κ3) is 4.23. The summed E-state index contributed by atoms with van der Waals surface area (Å²) >= 11 is 0. The first kappa shape index (κ1) is 19.2. The number of nitriles is 1. The number of hydrogen-bond acceptors (Lipinski definition) is 5. The zero-order valence-corrected chi connectivity index (χ0v) is 17.1. The van der Waals surface area contributed by atoms with Crippen LogP contribution in [0.25, 0.3) is 22.4 Å². The highest BCUT2D eigenvalue weighted by molar-refractivity contribution is 5.80. The zero-order chi connectivity index (χ0) is 21.0. The second kappa shape index (κ2) is 8.50. The number of imidazole rings is 1. The molecule has 0 spiro atoms. The van der Waals surface area contributed by atoms with Gasteiger partial charge in [-0.1, -0.05) is 24.3 Å². The molecule has 0 atom stereocenters. The summed E-state index contributed by atoms with van der Waals surface area (Å²) in [5.41, 5.74) is 6.93. The topological polar surface area (TPSA) is 77.0 Å². The normalized spacial score (nSPS) is 13.8. The third-order valence-corrected chi connectivity index (χ3v) is 5.58. The lowest BCUT2D eigenvalue weighted by Crippen LogP contribution is -2.36. The van der Waals surface area contributed by atoms with Crippen molar-refractivity contribution < 1.29 is 4.74 Å². The Labute approximate surface area is 181 Å². The van der Waals surface area contributed by atoms with Crippen LogP contribution in [0.3, 0.4) is 0 Å². The number of H-pyrrole nitrogens is 1. The van der Waals surface area contributed by atoms with Crippen LogP contribution in [0.15, 0.2) is 66.7 Å². The van der Waals surface area contributed by atoms with Crippen LogP contribution >= 0.6 is 0 Å². The number of fused-ring (bicyclic) bond motifs is 1. The van der Waals surface area contributed by atoms with Crippen LogP contribution in [0, 0.1) is 11.3 Å². The Morgan fingerprint density at radius 3 is 2.52 bits per heavy atom. The van der Waals surface area contributed by atoms with Crippen LogP contribution in [0.2, 0.25) is 0 Å². The molecule has 4 aromatic rings. The number of benzene rings is 3. The Bertz CT molecular complexity index is 1220. The highest BCUT2D eigenvalue weighted by Gasteiger charge is 2.11. The molecule has 154 valence electrons. The first-order valence-corrected chi connectivity index (χ1v) is 10.4. The summed E-state index contributed by atoms with van der Waals surface area (Å²) in [7, 11) is 0. The minimum absolute atomic E-state index is 0.627. The zero-order valence-electron chi connectivity index (χ0n) is 17.1. The summed E-state index contributed by atoms with van der Waals surface area (Å²) in [5, 5.41) is 12.5. The molecule has 1 aliphatic heterocycles. The monoisotopic (exact) mass is 409 g/mol. The summed E-state index contributed by atoms with van der Waals surface area (Å²) in [4.78, 5) is 10.3. The van der Waals surface area contributed by atoms with E-state index in [4.69, 9.17) is 10.00 Å². The Hall–Kier alpha value is -3.82. The number of anilines is 2. The maximum atomic E-state index is 9.06. The fraction of sp³-hybridized carbons (Fsp3) is 0.200. The highest BCUT2D eigenvalue weighted by atomic mass is 16.5. The Morgan fingerprint density at radius 2 is 1.77 bits per heavy atom. The van der Waals surface area contributed by atoms with Crippen molar-refractivity contribution in [1.82, 2.24) is 9.97 Å². The van der Waals surface area contributed by atoms with Gasteiger partial charge in [-0.15, -0.1) is 0 Å². The van der Waals surface area contributed by atoms with Crippen molar-refractivity contribution in [2.24, 2.45) is 0 Å². The van der Waals surface area contributed by atoms with Gasteiger partial charge in [-0.25, -0.2) is 4.98 Å². The highest BCUT2D eigenvalue weighted by Crippen LogP contribution is 2.23. The van der Waals surface area contributed by atoms with E-state index in [1.807, 2.05) is 12.1 Å². The van der Waals surface area contributed by atoms with E-state index in [0.717, 1.165) is 61.0 Å². The van der Waals surface area contributed by atoms with E-state index in [1.54, 1.807) is 6.07 Å². The van der Waals surface area contributed by atoms with Gasteiger partial charge in [0.2, 0.25) is 0 Å². The molecule has 1 aromatic heterocycles. The number of nitrogens with one attached hydrogen (secondary N) is 2. The van der Waals surface area contributed by atoms with Crippen molar-refractivity contribution >= 4 is 22.4 Å². The molecule has 0 radical (unpaired) electrons. The van der Waals surface area contributed by atoms with Gasteiger partial charge in [0.25, 0.3) is 0 Å². The van der Waals surface area contributed by atoms with Gasteiger partial charge < -0.3 is 19.9 Å². The summed E-state index contributed by atoms with van der Waals surface area (Å²) in [6.45, 7) is 4.24. The largest absolute Gasteiger partial charge is 0.381 e. The van der Waals surface area contributed by atoms with Crippen molar-refractivity contribution in [3.63, 3.8) is 0 Å². The molecule has 0 saturated carbocycles. The first-order valence-electron chi connectivity index (χ1n) is 10.4. The predicted molar refractivity (Wildman–Crippen MR) is 123 cm³/mol. The molecule has 1 saturated heterocycles. The molecular formula is C25H23N5O. The van der Waals surface area contributed by atoms with E-state index in [0.29, 0.717) is 5.56 Å². The van der Waals surface area contributed by atoms with Gasteiger partial charge in [0.1, 0.15) is 5.82 Å². The molecule has 6 nitrogen and oxygen atoms in total. The van der Waals surface area contributed by atoms with E-state index in [2.05, 4.69) is 74.8 Å². The molecule has 31 heavy (non-hydrogen) atoms. The lowest BCUT2D eigenvalue weighted by Gasteiger charge is -2.28. The van der Waals surface area contributed by atoms with E-state index < -0.39 is 0 Å². The summed E-state index contributed by atoms with van der Waals surface area (Å²) in [6.07, 6.45) is 0. The smallest absolute Gasteiger partial charge is 0.138 e. The first-order chi connectivity index (χ1) is 15.3. The lowest BCUT2D eigenvalue weighted by atomic mass is 10.1. The molecule has 0 aliphatic carbocycles. The van der Waals surface area contributed by atoms with Gasteiger partial charge in [0.15, 0.2) is 0 Å². The Morgan fingerprint density at radius 1 is 1.00 bits per heavy atom. The Balaban J connectivity index is 1.23. The molecule has 5 rings (SSSR count). The standard InChI is InChI=1S/C25H23N5O/c26-16-19-3-10-23-24(15-19)29-25(28-23)20-4-1-18(2-5-20)17-27-21-6-8-22(9-7-21)30-11-13-31-14-12-30/h1-10,15,27H,11-14,17H2,(H,28,29). The van der Waals surface area contributed by atoms with Crippen LogP contribution in [0.5, 0.6) is 0 Å². The van der Waals surface area contributed by atoms with Crippen LogP contribution in [0.1, 0.15) is 11.1 Å². The average Bonchev–Trinajstić information content (AvgIpc) is 3.27. The van der Waals surface area contributed by atoms with Crippen LogP contribution in [-0.2, 0) is 11.3 Å². The minimum atomic E-state index is 0.627. The minimum Gasteiger partial charge on any atom is -0.381 e. The summed E-state index contributed by atoms with van der Waals surface area (Å²) < 4.78 is 5.42. The lowest BCUT2D eigenvalue weighted by molar-refractivity contribution is 0.122. The summed E-state index contributed by atoms with van der Waals surface area (Å²) in [6, 6.07) is 24.6. The predicted octanol–water partition coefficient (Wildman–Crippen LogP) is 4.55. The van der Waals surface area contributed by atoms with E-state index in [9.17, 15) is 0 Å². The van der Waals surface area contributed by atoms with Gasteiger partial charge in [-0.2, -0.15) is 5.26 Å². The number of ether oxygens (including phenoxy) is 1. The van der Waals surface area contributed by atoms with E-state index in [1.165, 1.54) is 11.3 Å². The molecule has 3 aromatic carbocycles. The number of aromatic amines is 1. The molecular weight excluding hydrogens is 386 g/mol. The second-order valence-corrected chi connectivity index (χ2v) is 7.63. The van der Waals surface area contributed by atoms with Gasteiger partial charge >= 0.3 is 0 Å². The van der Waals surface area contributed by atoms with Crippen LogP contribution in [0.4, 0.5) is 11.4 Å². The van der Waals surface area contributed by atoms with Gasteiger partial charge in [-0.3, -0.25) is 0 Å². The molecule has 0 amide bonds. The quantitative estimate of drug-likeness (QED) is 0.506. The van der Waals surface area contributed by atoms with Crippen molar-refractivity contribution in [3.8, 4) is 17.5 Å². The van der Waals surface area contributed by atoms with Crippen molar-refractivity contribution in [1.29, 1.82) is 5.26 Å². The molecule has 1 aliphatic rings. The fourth-order valence-corrected chi connectivity index (χ4v) is 3.81. The molecule has 1 fully saturated rings. The van der Waals surface area contributed by atoms with Crippen molar-refractivity contribution in [3.05, 3.63) is 77.9 Å². The number of nitrogens with zero attached hydrogens (tertiary/aromatic N) is 3. The Kier molecular flexibility index (Phi) is 5.26. The number of morpholine rings is 1. The fourth-order valence-electron chi connectivity index (χ4n) is 3.81. The molecule has 0 bridgehead atoms. The summed E-state index contributed by atoms with van der Waals surface area (Å²) in [5.74, 6) is 0.809. The number of hydrogen-bond donors (Lipinski definition) is 2. The molecule has 2 N–H and O–H groups in total. The van der Waals surface area contributed by atoms with Crippen molar-refractivity contribution in [2.45, 2.75) is 6.54 Å². The van der Waals surface area contributed by atoms with Crippen LogP contribution < -0.4 is 10.2 Å². The second-order valence-electron chi connectivity index (χ2n) is 7.63. The third-order valence-electron chi connectivity index (χ3n) is 5.58. The maximum Gasteiger partial charge on any atom is 0.138 e. The van der Waals surface area contributed by atoms with Crippen LogP contribution in [-0.4, -0.2) is 36.3 Å². The SMILES string of the molecule is N#Cc1ccc2nc(-c3ccc(CNc4ccc(N5CCOCC5)cc4)cc3)[nH]c2c1. The molecule has 6 heteroatoms.